The van der Waals surface area contributed by atoms with E-state index in [0.717, 1.165) is 25.9 Å². The molecule has 0 saturated carbocycles. The fraction of sp³-hybridized carbons (Fsp3) is 0.333. The molecule has 0 bridgehead atoms. The number of rotatable bonds is 9. The minimum Gasteiger partial charge on any atom is -0.467 e. The van der Waals surface area contributed by atoms with Crippen LogP contribution < -0.4 is 15.2 Å². The Morgan fingerprint density at radius 3 is 2.56 bits per heavy atom. The first kappa shape index (κ1) is 26.4. The summed E-state index contributed by atoms with van der Waals surface area (Å²) >= 11 is 12.3. The third-order valence-electron chi connectivity index (χ3n) is 5.87. The Hall–Kier alpha value is -2.66. The summed E-state index contributed by atoms with van der Waals surface area (Å²) in [5, 5.41) is 0.103. The molecule has 3 N–H and O–H groups in total. The lowest BCUT2D eigenvalue weighted by Crippen LogP contribution is -2.29. The van der Waals surface area contributed by atoms with Gasteiger partial charge in [0.1, 0.15) is 11.9 Å². The summed E-state index contributed by atoms with van der Waals surface area (Å²) in [5.74, 6) is -0.512. The van der Waals surface area contributed by atoms with Crippen molar-refractivity contribution in [1.82, 2.24) is 14.9 Å². The van der Waals surface area contributed by atoms with Crippen molar-refractivity contribution in [2.45, 2.75) is 25.9 Å². The van der Waals surface area contributed by atoms with Gasteiger partial charge in [-0.1, -0.05) is 35.3 Å². The van der Waals surface area contributed by atoms with Crippen LogP contribution in [0, 0.1) is 5.82 Å². The summed E-state index contributed by atoms with van der Waals surface area (Å²) < 4.78 is 47.3. The van der Waals surface area contributed by atoms with Gasteiger partial charge in [0.15, 0.2) is 5.82 Å². The zero-order chi connectivity index (χ0) is 25.9. The van der Waals surface area contributed by atoms with E-state index in [2.05, 4.69) is 19.6 Å². The molecule has 1 unspecified atom stereocenters. The van der Waals surface area contributed by atoms with Gasteiger partial charge in [0, 0.05) is 28.4 Å². The summed E-state index contributed by atoms with van der Waals surface area (Å²) in [5.41, 5.74) is 7.78. The Bertz CT molecular complexity index is 1340. The molecule has 192 valence electrons. The molecule has 1 fully saturated rings. The lowest BCUT2D eigenvalue weighted by Gasteiger charge is -2.18. The predicted molar refractivity (Wildman–Crippen MR) is 140 cm³/mol. The van der Waals surface area contributed by atoms with Gasteiger partial charge in [0.05, 0.1) is 22.7 Å². The van der Waals surface area contributed by atoms with Crippen LogP contribution >= 0.6 is 23.2 Å². The van der Waals surface area contributed by atoms with E-state index in [1.165, 1.54) is 18.3 Å². The van der Waals surface area contributed by atoms with Crippen molar-refractivity contribution >= 4 is 44.7 Å². The van der Waals surface area contributed by atoms with Crippen LogP contribution in [0.4, 0.5) is 15.9 Å². The molecule has 1 aromatic heterocycles. The molecule has 1 aliphatic heterocycles. The van der Waals surface area contributed by atoms with E-state index in [4.69, 9.17) is 33.7 Å². The van der Waals surface area contributed by atoms with Crippen LogP contribution in [-0.4, -0.2) is 48.7 Å². The SMILES string of the molecule is CC(Oc1nc(-c2ccc(NS(=O)(=O)CCN3CCCC3)cc2)cnc1N)c1c(Cl)ccc(F)c1Cl. The smallest absolute Gasteiger partial charge is 0.258 e. The van der Waals surface area contributed by atoms with Gasteiger partial charge in [-0.05, 0) is 57.1 Å². The quantitative estimate of drug-likeness (QED) is 0.352. The molecule has 0 spiro atoms. The standard InChI is InChI=1S/C24H26Cl2FN5O3S/c1-15(21-18(25)8-9-19(27)22(21)26)35-24-23(28)29-14-20(30-24)16-4-6-17(7-5-16)31-36(33,34)13-12-32-10-2-3-11-32/h4-9,14-15,31H,2-3,10-13H2,1H3,(H2,28,29). The molecule has 12 heteroatoms. The minimum atomic E-state index is -3.47. The summed E-state index contributed by atoms with van der Waals surface area (Å²) in [6.45, 7) is 4.05. The van der Waals surface area contributed by atoms with Crippen LogP contribution in [0.3, 0.4) is 0 Å². The second-order valence-corrected chi connectivity index (χ2v) is 11.1. The number of nitrogen functional groups attached to an aromatic ring is 1. The first-order chi connectivity index (χ1) is 17.1. The number of ether oxygens (including phenoxy) is 1. The fourth-order valence-electron chi connectivity index (χ4n) is 3.94. The number of benzene rings is 2. The molecule has 2 aromatic carbocycles. The van der Waals surface area contributed by atoms with Gasteiger partial charge in [-0.3, -0.25) is 4.72 Å². The molecular formula is C24H26Cl2FN5O3S. The molecule has 1 atom stereocenters. The molecular weight excluding hydrogens is 528 g/mol. The first-order valence-corrected chi connectivity index (χ1v) is 13.8. The fourth-order valence-corrected chi connectivity index (χ4v) is 5.72. The van der Waals surface area contributed by atoms with Crippen molar-refractivity contribution in [1.29, 1.82) is 0 Å². The van der Waals surface area contributed by atoms with Crippen LogP contribution in [0.1, 0.15) is 31.4 Å². The number of hydrogen-bond acceptors (Lipinski definition) is 7. The maximum atomic E-state index is 13.9. The Morgan fingerprint density at radius 2 is 1.86 bits per heavy atom. The number of likely N-dealkylation sites (tertiary alicyclic amines) is 1. The molecule has 4 rings (SSSR count). The first-order valence-electron chi connectivity index (χ1n) is 11.4. The van der Waals surface area contributed by atoms with E-state index in [1.807, 2.05) is 0 Å². The number of aromatic nitrogens is 2. The molecule has 0 amide bonds. The van der Waals surface area contributed by atoms with Crippen LogP contribution in [0.15, 0.2) is 42.6 Å². The van der Waals surface area contributed by atoms with Gasteiger partial charge < -0.3 is 15.4 Å². The van der Waals surface area contributed by atoms with Crippen molar-refractivity contribution in [2.75, 3.05) is 35.8 Å². The average molecular weight is 554 g/mol. The van der Waals surface area contributed by atoms with E-state index in [1.54, 1.807) is 31.2 Å². The van der Waals surface area contributed by atoms with E-state index in [-0.39, 0.29) is 33.1 Å². The van der Waals surface area contributed by atoms with E-state index in [0.29, 0.717) is 23.5 Å². The maximum absolute atomic E-state index is 13.9. The van der Waals surface area contributed by atoms with Crippen molar-refractivity contribution in [3.05, 3.63) is 64.0 Å². The van der Waals surface area contributed by atoms with Crippen molar-refractivity contribution < 1.29 is 17.5 Å². The summed E-state index contributed by atoms with van der Waals surface area (Å²) in [6.07, 6.45) is 2.94. The Morgan fingerprint density at radius 1 is 1.17 bits per heavy atom. The molecule has 0 aliphatic carbocycles. The third-order valence-corrected chi connectivity index (χ3v) is 7.85. The van der Waals surface area contributed by atoms with Gasteiger partial charge in [-0.25, -0.2) is 22.8 Å². The van der Waals surface area contributed by atoms with E-state index in [9.17, 15) is 12.8 Å². The largest absolute Gasteiger partial charge is 0.467 e. The highest BCUT2D eigenvalue weighted by Gasteiger charge is 2.21. The van der Waals surface area contributed by atoms with E-state index < -0.39 is 21.9 Å². The molecule has 8 nitrogen and oxygen atoms in total. The van der Waals surface area contributed by atoms with Crippen LogP contribution in [0.25, 0.3) is 11.3 Å². The number of anilines is 2. The second-order valence-electron chi connectivity index (χ2n) is 8.51. The van der Waals surface area contributed by atoms with Crippen molar-refractivity contribution in [3.8, 4) is 17.1 Å². The molecule has 0 radical (unpaired) electrons. The van der Waals surface area contributed by atoms with Gasteiger partial charge in [0.2, 0.25) is 10.0 Å². The van der Waals surface area contributed by atoms with Crippen LogP contribution in [-0.2, 0) is 10.0 Å². The van der Waals surface area contributed by atoms with Crippen LogP contribution in [0.2, 0.25) is 10.0 Å². The van der Waals surface area contributed by atoms with Crippen molar-refractivity contribution in [2.24, 2.45) is 0 Å². The van der Waals surface area contributed by atoms with Gasteiger partial charge in [-0.15, -0.1) is 0 Å². The molecule has 36 heavy (non-hydrogen) atoms. The highest BCUT2D eigenvalue weighted by atomic mass is 35.5. The number of nitrogens with zero attached hydrogens (tertiary/aromatic N) is 3. The number of nitrogens with two attached hydrogens (primary N) is 1. The lowest BCUT2D eigenvalue weighted by atomic mass is 10.1. The number of nitrogens with one attached hydrogen (secondary N) is 1. The zero-order valence-electron chi connectivity index (χ0n) is 19.5. The lowest BCUT2D eigenvalue weighted by molar-refractivity contribution is 0.218. The zero-order valence-corrected chi connectivity index (χ0v) is 21.9. The summed E-state index contributed by atoms with van der Waals surface area (Å²) in [7, 11) is -3.47. The number of halogens is 3. The monoisotopic (exact) mass is 553 g/mol. The Kier molecular flexibility index (Phi) is 8.19. The third kappa shape index (κ3) is 6.36. The van der Waals surface area contributed by atoms with Crippen LogP contribution in [0.5, 0.6) is 5.88 Å². The average Bonchev–Trinajstić information content (AvgIpc) is 3.36. The number of sulfonamides is 1. The maximum Gasteiger partial charge on any atom is 0.258 e. The van der Waals surface area contributed by atoms with Crippen molar-refractivity contribution in [3.63, 3.8) is 0 Å². The van der Waals surface area contributed by atoms with Gasteiger partial charge >= 0.3 is 0 Å². The minimum absolute atomic E-state index is 0.0306. The molecule has 2 heterocycles. The number of hydrogen-bond donors (Lipinski definition) is 2. The molecule has 1 saturated heterocycles. The normalized spacial score (nSPS) is 15.1. The Labute approximate surface area is 219 Å². The van der Waals surface area contributed by atoms with Gasteiger partial charge in [-0.2, -0.15) is 0 Å². The Balaban J connectivity index is 1.46. The second kappa shape index (κ2) is 11.2. The topological polar surface area (TPSA) is 110 Å². The van der Waals surface area contributed by atoms with E-state index >= 15 is 0 Å². The highest BCUT2D eigenvalue weighted by molar-refractivity contribution is 7.92. The van der Waals surface area contributed by atoms with Gasteiger partial charge in [0.25, 0.3) is 5.88 Å². The summed E-state index contributed by atoms with van der Waals surface area (Å²) in [4.78, 5) is 10.7. The molecule has 3 aromatic rings. The highest BCUT2D eigenvalue weighted by Crippen LogP contribution is 2.35. The summed E-state index contributed by atoms with van der Waals surface area (Å²) in [6, 6.07) is 9.29. The molecule has 1 aliphatic rings. The predicted octanol–water partition coefficient (Wildman–Crippen LogP) is 5.15.